The number of thioether (sulfide) groups is 1. The Morgan fingerprint density at radius 2 is 1.96 bits per heavy atom. The van der Waals surface area contributed by atoms with Crippen LogP contribution in [0.1, 0.15) is 12.1 Å². The number of methoxy groups -OCH3 is 1. The topological polar surface area (TPSA) is 69.2 Å². The lowest BCUT2D eigenvalue weighted by atomic mass is 10.1. The van der Waals surface area contributed by atoms with E-state index in [9.17, 15) is 8.42 Å². The highest BCUT2D eigenvalue weighted by Gasteiger charge is 2.29. The summed E-state index contributed by atoms with van der Waals surface area (Å²) in [6.45, 7) is 1.92. The van der Waals surface area contributed by atoms with Crippen LogP contribution in [0.5, 0.6) is 5.75 Å². The molecule has 5 nitrogen and oxygen atoms in total. The van der Waals surface area contributed by atoms with Crippen molar-refractivity contribution in [3.63, 3.8) is 0 Å². The average Bonchev–Trinajstić information content (AvgIpc) is 2.85. The van der Waals surface area contributed by atoms with Gasteiger partial charge < -0.3 is 4.74 Å². The van der Waals surface area contributed by atoms with E-state index in [0.29, 0.717) is 11.6 Å². The maximum atomic E-state index is 11.6. The maximum absolute atomic E-state index is 11.6. The molecule has 0 aliphatic carbocycles. The highest BCUT2D eigenvalue weighted by molar-refractivity contribution is 8.01. The molecule has 1 atom stereocenters. The smallest absolute Gasteiger partial charge is 0.188 e. The molecular formula is C16H18N2O3S2. The van der Waals surface area contributed by atoms with Crippen LogP contribution < -0.4 is 4.74 Å². The molecule has 0 radical (unpaired) electrons. The van der Waals surface area contributed by atoms with Crippen LogP contribution in [0.25, 0.3) is 11.3 Å². The normalized spacial score (nSPS) is 19.7. The Morgan fingerprint density at radius 1 is 1.22 bits per heavy atom. The zero-order chi connectivity index (χ0) is 16.4. The van der Waals surface area contributed by atoms with E-state index in [2.05, 4.69) is 9.97 Å². The van der Waals surface area contributed by atoms with Gasteiger partial charge in [0.05, 0.1) is 24.3 Å². The Bertz CT molecular complexity index is 805. The lowest BCUT2D eigenvalue weighted by Gasteiger charge is -2.09. The first-order valence-electron chi connectivity index (χ1n) is 7.32. The molecular weight excluding hydrogens is 332 g/mol. The molecule has 122 valence electrons. The van der Waals surface area contributed by atoms with Gasteiger partial charge in [0.15, 0.2) is 15.0 Å². The monoisotopic (exact) mass is 350 g/mol. The summed E-state index contributed by atoms with van der Waals surface area (Å²) < 4.78 is 28.3. The molecule has 3 rings (SSSR count). The average molecular weight is 350 g/mol. The molecule has 1 fully saturated rings. The summed E-state index contributed by atoms with van der Waals surface area (Å²) in [5, 5.41) is 0.684. The Hall–Kier alpha value is -1.60. The van der Waals surface area contributed by atoms with Crippen LogP contribution >= 0.6 is 11.8 Å². The fourth-order valence-corrected chi connectivity index (χ4v) is 5.97. The van der Waals surface area contributed by atoms with Crippen molar-refractivity contribution in [3.8, 4) is 17.0 Å². The van der Waals surface area contributed by atoms with Crippen molar-refractivity contribution in [1.29, 1.82) is 0 Å². The summed E-state index contributed by atoms with van der Waals surface area (Å²) in [6, 6.07) is 9.62. The van der Waals surface area contributed by atoms with Crippen LogP contribution in [0.15, 0.2) is 35.5 Å². The third-order valence-electron chi connectivity index (χ3n) is 3.68. The molecule has 0 saturated carbocycles. The molecule has 0 N–H and O–H groups in total. The van der Waals surface area contributed by atoms with Crippen molar-refractivity contribution in [1.82, 2.24) is 9.97 Å². The minimum absolute atomic E-state index is 0.0468. The number of ether oxygens (including phenoxy) is 1. The lowest BCUT2D eigenvalue weighted by Crippen LogP contribution is -2.07. The van der Waals surface area contributed by atoms with Crippen molar-refractivity contribution in [2.75, 3.05) is 18.6 Å². The Balaban J connectivity index is 1.84. The summed E-state index contributed by atoms with van der Waals surface area (Å²) >= 11 is 1.46. The number of aromatic nitrogens is 2. The van der Waals surface area contributed by atoms with Gasteiger partial charge in [0.25, 0.3) is 0 Å². The van der Waals surface area contributed by atoms with Crippen LogP contribution in [-0.2, 0) is 9.84 Å². The van der Waals surface area contributed by atoms with Gasteiger partial charge in [-0.05, 0) is 43.7 Å². The van der Waals surface area contributed by atoms with Crippen LogP contribution in [0.4, 0.5) is 0 Å². The first kappa shape index (κ1) is 16.3. The molecule has 0 amide bonds. The molecule has 0 bridgehead atoms. The largest absolute Gasteiger partial charge is 0.497 e. The fraction of sp³-hybridized carbons (Fsp3) is 0.375. The standard InChI is InChI=1S/C16H18N2O3S2/c1-11-9-15(12-3-5-13(21-2)6-4-12)18-16(17-11)22-14-7-8-23(19,20)10-14/h3-6,9,14H,7-8,10H2,1-2H3/t14-/m1/s1. The minimum atomic E-state index is -2.89. The zero-order valence-electron chi connectivity index (χ0n) is 13.0. The van der Waals surface area contributed by atoms with Gasteiger partial charge in [0.2, 0.25) is 0 Å². The first-order chi connectivity index (χ1) is 10.9. The second kappa shape index (κ2) is 6.49. The van der Waals surface area contributed by atoms with Crippen LogP contribution in [0, 0.1) is 6.92 Å². The van der Waals surface area contributed by atoms with Gasteiger partial charge in [-0.1, -0.05) is 11.8 Å². The van der Waals surface area contributed by atoms with Gasteiger partial charge in [0.1, 0.15) is 5.75 Å². The predicted octanol–water partition coefficient (Wildman–Crippen LogP) is 2.74. The molecule has 7 heteroatoms. The van der Waals surface area contributed by atoms with E-state index in [4.69, 9.17) is 4.74 Å². The number of benzene rings is 1. The molecule has 1 saturated heterocycles. The van der Waals surface area contributed by atoms with E-state index in [0.717, 1.165) is 22.7 Å². The van der Waals surface area contributed by atoms with Crippen molar-refractivity contribution in [3.05, 3.63) is 36.0 Å². The van der Waals surface area contributed by atoms with E-state index in [1.807, 2.05) is 37.3 Å². The van der Waals surface area contributed by atoms with Crippen molar-refractivity contribution >= 4 is 21.6 Å². The Morgan fingerprint density at radius 3 is 2.57 bits per heavy atom. The van der Waals surface area contributed by atoms with E-state index >= 15 is 0 Å². The second-order valence-electron chi connectivity index (χ2n) is 5.55. The van der Waals surface area contributed by atoms with E-state index in [1.165, 1.54) is 11.8 Å². The number of sulfone groups is 1. The third-order valence-corrected chi connectivity index (χ3v) is 6.79. The molecule has 23 heavy (non-hydrogen) atoms. The highest BCUT2D eigenvalue weighted by Crippen LogP contribution is 2.30. The van der Waals surface area contributed by atoms with E-state index in [1.54, 1.807) is 7.11 Å². The fourth-order valence-electron chi connectivity index (χ4n) is 2.51. The Kier molecular flexibility index (Phi) is 4.59. The van der Waals surface area contributed by atoms with Gasteiger partial charge in [-0.3, -0.25) is 0 Å². The molecule has 0 spiro atoms. The first-order valence-corrected chi connectivity index (χ1v) is 10.0. The van der Waals surface area contributed by atoms with Gasteiger partial charge in [-0.2, -0.15) is 0 Å². The molecule has 1 aromatic heterocycles. The number of rotatable bonds is 4. The van der Waals surface area contributed by atoms with Crippen molar-refractivity contribution < 1.29 is 13.2 Å². The number of hydrogen-bond acceptors (Lipinski definition) is 6. The molecule has 2 aromatic rings. The lowest BCUT2D eigenvalue weighted by molar-refractivity contribution is 0.415. The van der Waals surface area contributed by atoms with Crippen molar-refractivity contribution in [2.45, 2.75) is 23.8 Å². The van der Waals surface area contributed by atoms with Gasteiger partial charge in [-0.25, -0.2) is 18.4 Å². The quantitative estimate of drug-likeness (QED) is 0.790. The van der Waals surface area contributed by atoms with Crippen LogP contribution in [0.3, 0.4) is 0 Å². The van der Waals surface area contributed by atoms with E-state index < -0.39 is 9.84 Å². The van der Waals surface area contributed by atoms with Crippen LogP contribution in [-0.4, -0.2) is 42.3 Å². The number of hydrogen-bond donors (Lipinski definition) is 0. The van der Waals surface area contributed by atoms with Gasteiger partial charge >= 0.3 is 0 Å². The summed E-state index contributed by atoms with van der Waals surface area (Å²) in [6.07, 6.45) is 0.669. The van der Waals surface area contributed by atoms with Crippen LogP contribution in [0.2, 0.25) is 0 Å². The Labute approximate surface area is 140 Å². The number of nitrogens with zero attached hydrogens (tertiary/aromatic N) is 2. The van der Waals surface area contributed by atoms with Crippen molar-refractivity contribution in [2.24, 2.45) is 0 Å². The number of aryl methyl sites for hydroxylation is 1. The molecule has 1 aliphatic rings. The summed E-state index contributed by atoms with van der Waals surface area (Å²) in [5.74, 6) is 1.28. The van der Waals surface area contributed by atoms with Gasteiger partial charge in [0, 0.05) is 16.5 Å². The minimum Gasteiger partial charge on any atom is -0.497 e. The summed E-state index contributed by atoms with van der Waals surface area (Å²) in [5.41, 5.74) is 2.69. The maximum Gasteiger partial charge on any atom is 0.188 e. The van der Waals surface area contributed by atoms with Gasteiger partial charge in [-0.15, -0.1) is 0 Å². The molecule has 2 heterocycles. The SMILES string of the molecule is COc1ccc(-c2cc(C)nc(S[C@@H]3CCS(=O)(=O)C3)n2)cc1. The summed E-state index contributed by atoms with van der Waals surface area (Å²) in [4.78, 5) is 9.02. The third kappa shape index (κ3) is 4.03. The zero-order valence-corrected chi connectivity index (χ0v) is 14.7. The van der Waals surface area contributed by atoms with E-state index in [-0.39, 0.29) is 16.8 Å². The molecule has 0 unspecified atom stereocenters. The second-order valence-corrected chi connectivity index (χ2v) is 9.04. The predicted molar refractivity (Wildman–Crippen MR) is 91.7 cm³/mol. The molecule has 1 aromatic carbocycles. The summed E-state index contributed by atoms with van der Waals surface area (Å²) in [7, 11) is -1.25. The molecule has 1 aliphatic heterocycles. The highest BCUT2D eigenvalue weighted by atomic mass is 32.2.